The van der Waals surface area contributed by atoms with Gasteiger partial charge in [0.15, 0.2) is 0 Å². The Bertz CT molecular complexity index is 449. The first kappa shape index (κ1) is 15.5. The zero-order valence-electron chi connectivity index (χ0n) is 10.9. The fraction of sp³-hybridized carbons (Fsp3) is 0.385. The largest absolute Gasteiger partial charge is 0.384 e. The summed E-state index contributed by atoms with van der Waals surface area (Å²) in [6.07, 6.45) is 0.673. The molecule has 0 fully saturated rings. The number of ether oxygens (including phenoxy) is 1. The van der Waals surface area contributed by atoms with E-state index in [4.69, 9.17) is 16.3 Å². The number of imide groups is 1. The number of rotatable bonds is 5. The van der Waals surface area contributed by atoms with Crippen molar-refractivity contribution in [3.63, 3.8) is 0 Å². The number of anilines is 1. The number of hydrogen-bond donors (Lipinski definition) is 2. The maximum Gasteiger partial charge on any atom is 0.325 e. The molecule has 3 amide bonds. The Balaban J connectivity index is 2.65. The van der Waals surface area contributed by atoms with Crippen molar-refractivity contribution >= 4 is 29.2 Å². The van der Waals surface area contributed by atoms with Crippen LogP contribution in [0.15, 0.2) is 24.3 Å². The molecule has 0 spiro atoms. The predicted octanol–water partition coefficient (Wildman–Crippen LogP) is 2.15. The first-order valence-corrected chi connectivity index (χ1v) is 6.31. The van der Waals surface area contributed by atoms with Gasteiger partial charge in [-0.3, -0.25) is 10.1 Å². The van der Waals surface area contributed by atoms with Crippen LogP contribution in [-0.2, 0) is 16.0 Å². The van der Waals surface area contributed by atoms with E-state index in [0.717, 1.165) is 5.56 Å². The van der Waals surface area contributed by atoms with Gasteiger partial charge >= 0.3 is 6.03 Å². The lowest BCUT2D eigenvalue weighted by Gasteiger charge is -2.11. The number of hydrogen-bond acceptors (Lipinski definition) is 3. The van der Waals surface area contributed by atoms with E-state index >= 15 is 0 Å². The number of amides is 3. The SMILES string of the molecule is COCCc1ccccc1NC(=O)NC(=O)C(C)Cl. The zero-order valence-corrected chi connectivity index (χ0v) is 11.7. The van der Waals surface area contributed by atoms with Crippen LogP contribution in [0.1, 0.15) is 12.5 Å². The van der Waals surface area contributed by atoms with Gasteiger partial charge in [0, 0.05) is 12.8 Å². The average molecular weight is 285 g/mol. The molecule has 0 aliphatic carbocycles. The lowest BCUT2D eigenvalue weighted by Crippen LogP contribution is -2.38. The summed E-state index contributed by atoms with van der Waals surface area (Å²) in [5.74, 6) is -0.534. The number of methoxy groups -OCH3 is 1. The summed E-state index contributed by atoms with van der Waals surface area (Å²) >= 11 is 5.57. The Morgan fingerprint density at radius 3 is 2.68 bits per heavy atom. The molecule has 2 N–H and O–H groups in total. The number of carbonyl (C=O) groups is 2. The van der Waals surface area contributed by atoms with Gasteiger partial charge in [0.2, 0.25) is 5.91 Å². The molecular formula is C13H17ClN2O3. The highest BCUT2D eigenvalue weighted by Gasteiger charge is 2.13. The number of urea groups is 1. The van der Waals surface area contributed by atoms with Crippen LogP contribution < -0.4 is 10.6 Å². The Morgan fingerprint density at radius 1 is 1.37 bits per heavy atom. The van der Waals surface area contributed by atoms with E-state index in [0.29, 0.717) is 18.7 Å². The summed E-state index contributed by atoms with van der Waals surface area (Å²) in [4.78, 5) is 22.9. The molecule has 0 aliphatic rings. The first-order valence-electron chi connectivity index (χ1n) is 5.87. The predicted molar refractivity (Wildman–Crippen MR) is 74.5 cm³/mol. The topological polar surface area (TPSA) is 67.4 Å². The van der Waals surface area contributed by atoms with Crippen molar-refractivity contribution in [1.82, 2.24) is 5.32 Å². The maximum atomic E-state index is 11.6. The average Bonchev–Trinajstić information content (AvgIpc) is 2.37. The normalized spacial score (nSPS) is 11.7. The molecule has 1 unspecified atom stereocenters. The van der Waals surface area contributed by atoms with E-state index in [-0.39, 0.29) is 0 Å². The molecule has 5 nitrogen and oxygen atoms in total. The van der Waals surface area contributed by atoms with Crippen LogP contribution in [0, 0.1) is 0 Å². The molecule has 1 aromatic rings. The van der Waals surface area contributed by atoms with Crippen molar-refractivity contribution < 1.29 is 14.3 Å². The third-order valence-electron chi connectivity index (χ3n) is 2.44. The van der Waals surface area contributed by atoms with Crippen LogP contribution in [0.3, 0.4) is 0 Å². The minimum atomic E-state index is -0.755. The molecule has 19 heavy (non-hydrogen) atoms. The molecule has 0 saturated heterocycles. The summed E-state index contributed by atoms with van der Waals surface area (Å²) in [7, 11) is 1.61. The van der Waals surface area contributed by atoms with E-state index in [1.807, 2.05) is 12.1 Å². The number of para-hydroxylation sites is 1. The van der Waals surface area contributed by atoms with Crippen molar-refractivity contribution in [3.05, 3.63) is 29.8 Å². The third kappa shape index (κ3) is 5.28. The van der Waals surface area contributed by atoms with Crippen LogP contribution >= 0.6 is 11.6 Å². The lowest BCUT2D eigenvalue weighted by molar-refractivity contribution is -0.119. The van der Waals surface area contributed by atoms with Crippen LogP contribution in [0.5, 0.6) is 0 Å². The van der Waals surface area contributed by atoms with Gasteiger partial charge in [0.1, 0.15) is 5.38 Å². The van der Waals surface area contributed by atoms with Gasteiger partial charge in [0.25, 0.3) is 0 Å². The number of alkyl halides is 1. The molecule has 0 radical (unpaired) electrons. The smallest absolute Gasteiger partial charge is 0.325 e. The second-order valence-corrected chi connectivity index (χ2v) is 4.61. The molecule has 0 aromatic heterocycles. The van der Waals surface area contributed by atoms with E-state index in [1.165, 1.54) is 6.92 Å². The molecule has 6 heteroatoms. The van der Waals surface area contributed by atoms with Crippen molar-refractivity contribution in [2.75, 3.05) is 19.0 Å². The molecule has 0 bridgehead atoms. The van der Waals surface area contributed by atoms with Gasteiger partial charge in [-0.05, 0) is 25.0 Å². The Labute approximate surface area is 117 Å². The molecular weight excluding hydrogens is 268 g/mol. The Kier molecular flexibility index (Phi) is 6.32. The van der Waals surface area contributed by atoms with Crippen molar-refractivity contribution in [3.8, 4) is 0 Å². The van der Waals surface area contributed by atoms with E-state index < -0.39 is 17.3 Å². The monoisotopic (exact) mass is 284 g/mol. The Hall–Kier alpha value is -1.59. The van der Waals surface area contributed by atoms with Crippen molar-refractivity contribution in [1.29, 1.82) is 0 Å². The fourth-order valence-corrected chi connectivity index (χ4v) is 1.49. The van der Waals surface area contributed by atoms with Gasteiger partial charge in [-0.2, -0.15) is 0 Å². The molecule has 1 atom stereocenters. The number of nitrogens with one attached hydrogen (secondary N) is 2. The zero-order chi connectivity index (χ0) is 14.3. The highest BCUT2D eigenvalue weighted by molar-refractivity contribution is 6.31. The van der Waals surface area contributed by atoms with E-state index in [2.05, 4.69) is 10.6 Å². The molecule has 0 heterocycles. The molecule has 1 aromatic carbocycles. The highest BCUT2D eigenvalue weighted by Crippen LogP contribution is 2.15. The molecule has 104 valence electrons. The van der Waals surface area contributed by atoms with Crippen LogP contribution in [-0.4, -0.2) is 31.0 Å². The number of halogens is 1. The Morgan fingerprint density at radius 2 is 2.05 bits per heavy atom. The molecule has 1 rings (SSSR count). The summed E-state index contributed by atoms with van der Waals surface area (Å²) in [5, 5.41) is 4.02. The number of benzene rings is 1. The summed E-state index contributed by atoms with van der Waals surface area (Å²) < 4.78 is 5.00. The van der Waals surface area contributed by atoms with Crippen LogP contribution in [0.2, 0.25) is 0 Å². The van der Waals surface area contributed by atoms with E-state index in [9.17, 15) is 9.59 Å². The maximum absolute atomic E-state index is 11.6. The summed E-state index contributed by atoms with van der Waals surface area (Å²) in [5.41, 5.74) is 1.58. The number of carbonyl (C=O) groups excluding carboxylic acids is 2. The first-order chi connectivity index (χ1) is 9.04. The van der Waals surface area contributed by atoms with Gasteiger partial charge < -0.3 is 10.1 Å². The summed E-state index contributed by atoms with van der Waals surface area (Å²) in [6, 6.07) is 6.74. The molecule has 0 saturated carbocycles. The van der Waals surface area contributed by atoms with Crippen molar-refractivity contribution in [2.24, 2.45) is 0 Å². The molecule has 0 aliphatic heterocycles. The lowest BCUT2D eigenvalue weighted by atomic mass is 10.1. The highest BCUT2D eigenvalue weighted by atomic mass is 35.5. The quantitative estimate of drug-likeness (QED) is 0.814. The minimum Gasteiger partial charge on any atom is -0.384 e. The standard InChI is InChI=1S/C13H17ClN2O3/c1-9(14)12(17)16-13(18)15-11-6-4-3-5-10(11)7-8-19-2/h3-6,9H,7-8H2,1-2H3,(H2,15,16,17,18). The van der Waals surface area contributed by atoms with Gasteiger partial charge in [0.05, 0.1) is 6.61 Å². The van der Waals surface area contributed by atoms with Crippen molar-refractivity contribution in [2.45, 2.75) is 18.7 Å². The van der Waals surface area contributed by atoms with Gasteiger partial charge in [-0.1, -0.05) is 18.2 Å². The van der Waals surface area contributed by atoms with Gasteiger partial charge in [-0.15, -0.1) is 11.6 Å². The second-order valence-electron chi connectivity index (χ2n) is 3.96. The summed E-state index contributed by atoms with van der Waals surface area (Å²) in [6.45, 7) is 2.05. The van der Waals surface area contributed by atoms with Crippen LogP contribution in [0.25, 0.3) is 0 Å². The van der Waals surface area contributed by atoms with E-state index in [1.54, 1.807) is 19.2 Å². The third-order valence-corrected chi connectivity index (χ3v) is 2.64. The fourth-order valence-electron chi connectivity index (χ4n) is 1.44. The van der Waals surface area contributed by atoms with Crippen LogP contribution in [0.4, 0.5) is 10.5 Å². The van der Waals surface area contributed by atoms with Gasteiger partial charge in [-0.25, -0.2) is 4.79 Å². The minimum absolute atomic E-state index is 0.534. The second kappa shape index (κ2) is 7.76.